The van der Waals surface area contributed by atoms with Gasteiger partial charge < -0.3 is 15.4 Å². The minimum absolute atomic E-state index is 0.119. The number of amides is 1. The van der Waals surface area contributed by atoms with E-state index in [1.807, 2.05) is 20.8 Å². The molecule has 24 heavy (non-hydrogen) atoms. The number of thiazole rings is 1. The van der Waals surface area contributed by atoms with E-state index < -0.39 is 0 Å². The quantitative estimate of drug-likeness (QED) is 0.693. The van der Waals surface area contributed by atoms with Gasteiger partial charge in [-0.2, -0.15) is 0 Å². The third-order valence-corrected chi connectivity index (χ3v) is 4.32. The van der Waals surface area contributed by atoms with E-state index in [0.717, 1.165) is 6.42 Å². The fraction of sp³-hybridized carbons (Fsp3) is 0.438. The summed E-state index contributed by atoms with van der Waals surface area (Å²) in [5, 5.41) is 7.15. The van der Waals surface area contributed by atoms with Gasteiger partial charge in [-0.3, -0.25) is 4.79 Å². The van der Waals surface area contributed by atoms with E-state index in [-0.39, 0.29) is 12.0 Å². The van der Waals surface area contributed by atoms with Crippen molar-refractivity contribution < 1.29 is 9.53 Å². The highest BCUT2D eigenvalue weighted by Gasteiger charge is 2.15. The van der Waals surface area contributed by atoms with Crippen molar-refractivity contribution in [1.82, 2.24) is 15.3 Å². The van der Waals surface area contributed by atoms with Gasteiger partial charge in [-0.15, -0.1) is 0 Å². The van der Waals surface area contributed by atoms with Crippen LogP contribution in [0.25, 0.3) is 0 Å². The first-order valence-electron chi connectivity index (χ1n) is 7.71. The third kappa shape index (κ3) is 5.74. The van der Waals surface area contributed by atoms with Gasteiger partial charge in [0.2, 0.25) is 0 Å². The highest BCUT2D eigenvalue weighted by Crippen LogP contribution is 2.25. The van der Waals surface area contributed by atoms with Crippen LogP contribution in [0.1, 0.15) is 35.6 Å². The number of hydrogen-bond acceptors (Lipinski definition) is 6. The number of anilines is 2. The van der Waals surface area contributed by atoms with E-state index in [0.29, 0.717) is 39.7 Å². The summed E-state index contributed by atoms with van der Waals surface area (Å²) < 4.78 is 5.44. The van der Waals surface area contributed by atoms with Crippen LogP contribution in [0.15, 0.2) is 18.3 Å². The molecule has 0 aromatic carbocycles. The largest absolute Gasteiger partial charge is 0.379 e. The lowest BCUT2D eigenvalue weighted by Gasteiger charge is -2.07. The SMILES string of the molecule is Cc1nc(Nc2ccc(Cl)cn2)sc1C(=O)NCCCOC(C)C. The Labute approximate surface area is 150 Å². The van der Waals surface area contributed by atoms with Gasteiger partial charge in [-0.25, -0.2) is 9.97 Å². The number of nitrogens with one attached hydrogen (secondary N) is 2. The van der Waals surface area contributed by atoms with Gasteiger partial charge in [0, 0.05) is 19.3 Å². The van der Waals surface area contributed by atoms with Crippen LogP contribution in [0, 0.1) is 6.92 Å². The molecular formula is C16H21ClN4O2S. The Morgan fingerprint density at radius 1 is 1.42 bits per heavy atom. The van der Waals surface area contributed by atoms with Crippen LogP contribution >= 0.6 is 22.9 Å². The molecule has 0 aliphatic heterocycles. The minimum atomic E-state index is -0.119. The van der Waals surface area contributed by atoms with Gasteiger partial charge in [-0.1, -0.05) is 22.9 Å². The predicted molar refractivity (Wildman–Crippen MR) is 97.4 cm³/mol. The van der Waals surface area contributed by atoms with Gasteiger partial charge in [0.05, 0.1) is 16.8 Å². The summed E-state index contributed by atoms with van der Waals surface area (Å²) in [7, 11) is 0. The monoisotopic (exact) mass is 368 g/mol. The number of pyridine rings is 1. The lowest BCUT2D eigenvalue weighted by atomic mass is 10.3. The Morgan fingerprint density at radius 2 is 2.21 bits per heavy atom. The molecule has 2 aromatic heterocycles. The standard InChI is InChI=1S/C16H21ClN4O2S/c1-10(2)23-8-4-7-18-15(22)14-11(3)20-16(24-14)21-13-6-5-12(17)9-19-13/h5-6,9-10H,4,7-8H2,1-3H3,(H,18,22)(H,19,20,21). The van der Waals surface area contributed by atoms with Gasteiger partial charge in [0.15, 0.2) is 5.13 Å². The van der Waals surface area contributed by atoms with Crippen molar-refractivity contribution in [3.63, 3.8) is 0 Å². The van der Waals surface area contributed by atoms with Crippen LogP contribution in [0.5, 0.6) is 0 Å². The topological polar surface area (TPSA) is 76.1 Å². The number of ether oxygens (including phenoxy) is 1. The van der Waals surface area contributed by atoms with Crippen LogP contribution in [-0.2, 0) is 4.74 Å². The zero-order chi connectivity index (χ0) is 17.5. The second kappa shape index (κ2) is 8.96. The van der Waals surface area contributed by atoms with Gasteiger partial charge in [0.25, 0.3) is 5.91 Å². The molecule has 2 N–H and O–H groups in total. The summed E-state index contributed by atoms with van der Waals surface area (Å²) in [5.41, 5.74) is 0.687. The predicted octanol–water partition coefficient (Wildman–Crippen LogP) is 3.79. The first-order chi connectivity index (χ1) is 11.5. The molecule has 0 fully saturated rings. The molecule has 0 saturated heterocycles. The normalized spacial score (nSPS) is 10.9. The molecule has 6 nitrogen and oxygen atoms in total. The summed E-state index contributed by atoms with van der Waals surface area (Å²) in [6.45, 7) is 7.00. The van der Waals surface area contributed by atoms with Crippen molar-refractivity contribution in [3.8, 4) is 0 Å². The van der Waals surface area contributed by atoms with E-state index in [4.69, 9.17) is 16.3 Å². The van der Waals surface area contributed by atoms with E-state index in [2.05, 4.69) is 20.6 Å². The first-order valence-corrected chi connectivity index (χ1v) is 8.91. The summed E-state index contributed by atoms with van der Waals surface area (Å²) in [5.74, 6) is 0.512. The molecule has 0 unspecified atom stereocenters. The zero-order valence-corrected chi connectivity index (χ0v) is 15.5. The summed E-state index contributed by atoms with van der Waals surface area (Å²) in [6.07, 6.45) is 2.54. The lowest BCUT2D eigenvalue weighted by molar-refractivity contribution is 0.0757. The fourth-order valence-electron chi connectivity index (χ4n) is 1.89. The van der Waals surface area contributed by atoms with Crippen LogP contribution in [0.2, 0.25) is 5.02 Å². The maximum Gasteiger partial charge on any atom is 0.263 e. The number of carbonyl (C=O) groups excluding carboxylic acids is 1. The van der Waals surface area contributed by atoms with Crippen molar-refractivity contribution in [3.05, 3.63) is 33.9 Å². The van der Waals surface area contributed by atoms with Gasteiger partial charge >= 0.3 is 0 Å². The number of aryl methyl sites for hydroxylation is 1. The number of rotatable bonds is 8. The average Bonchev–Trinajstić information content (AvgIpc) is 2.89. The van der Waals surface area contributed by atoms with Gasteiger partial charge in [0.1, 0.15) is 10.7 Å². The zero-order valence-electron chi connectivity index (χ0n) is 13.9. The second-order valence-corrected chi connectivity index (χ2v) is 6.88. The molecule has 0 radical (unpaired) electrons. The lowest BCUT2D eigenvalue weighted by Crippen LogP contribution is -2.25. The molecule has 2 rings (SSSR count). The Morgan fingerprint density at radius 3 is 2.88 bits per heavy atom. The van der Waals surface area contributed by atoms with Crippen LogP contribution < -0.4 is 10.6 Å². The molecule has 2 aromatic rings. The first kappa shape index (κ1) is 18.6. The molecular weight excluding hydrogens is 348 g/mol. The molecule has 1 amide bonds. The fourth-order valence-corrected chi connectivity index (χ4v) is 2.89. The number of halogens is 1. The molecule has 0 bridgehead atoms. The average molecular weight is 369 g/mol. The highest BCUT2D eigenvalue weighted by molar-refractivity contribution is 7.17. The highest BCUT2D eigenvalue weighted by atomic mass is 35.5. The van der Waals surface area contributed by atoms with Crippen LogP contribution in [0.3, 0.4) is 0 Å². The van der Waals surface area contributed by atoms with Crippen molar-refractivity contribution in [1.29, 1.82) is 0 Å². The molecule has 0 saturated carbocycles. The molecule has 0 aliphatic carbocycles. The van der Waals surface area contributed by atoms with E-state index in [1.165, 1.54) is 11.3 Å². The van der Waals surface area contributed by atoms with Crippen molar-refractivity contribution in [2.45, 2.75) is 33.3 Å². The van der Waals surface area contributed by atoms with E-state index >= 15 is 0 Å². The second-order valence-electron chi connectivity index (χ2n) is 5.45. The maximum atomic E-state index is 12.2. The Bertz CT molecular complexity index is 673. The third-order valence-electron chi connectivity index (χ3n) is 3.02. The molecule has 2 heterocycles. The smallest absolute Gasteiger partial charge is 0.263 e. The number of aromatic nitrogens is 2. The summed E-state index contributed by atoms with van der Waals surface area (Å²) >= 11 is 7.11. The molecule has 130 valence electrons. The Balaban J connectivity index is 1.88. The molecule has 0 spiro atoms. The van der Waals surface area contributed by atoms with E-state index in [9.17, 15) is 4.79 Å². The minimum Gasteiger partial charge on any atom is -0.379 e. The van der Waals surface area contributed by atoms with E-state index in [1.54, 1.807) is 18.3 Å². The Hall–Kier alpha value is -1.70. The van der Waals surface area contributed by atoms with Crippen LogP contribution in [-0.4, -0.2) is 35.1 Å². The molecule has 0 atom stereocenters. The van der Waals surface area contributed by atoms with Gasteiger partial charge in [-0.05, 0) is 39.3 Å². The summed E-state index contributed by atoms with van der Waals surface area (Å²) in [6, 6.07) is 3.50. The number of carbonyl (C=O) groups is 1. The maximum absolute atomic E-state index is 12.2. The van der Waals surface area contributed by atoms with Crippen molar-refractivity contribution in [2.75, 3.05) is 18.5 Å². The molecule has 0 aliphatic rings. The number of hydrogen-bond donors (Lipinski definition) is 2. The number of nitrogens with zero attached hydrogens (tertiary/aromatic N) is 2. The van der Waals surface area contributed by atoms with Crippen molar-refractivity contribution in [2.24, 2.45) is 0 Å². The van der Waals surface area contributed by atoms with Crippen molar-refractivity contribution >= 4 is 39.8 Å². The molecule has 8 heteroatoms. The van der Waals surface area contributed by atoms with Crippen LogP contribution in [0.4, 0.5) is 10.9 Å². The summed E-state index contributed by atoms with van der Waals surface area (Å²) in [4.78, 5) is 21.3. The Kier molecular flexibility index (Phi) is 6.96.